The van der Waals surface area contributed by atoms with Gasteiger partial charge in [-0.3, -0.25) is 4.79 Å². The minimum absolute atomic E-state index is 0.0111. The van der Waals surface area contributed by atoms with Crippen molar-refractivity contribution in [1.82, 2.24) is 0 Å². The van der Waals surface area contributed by atoms with E-state index in [9.17, 15) is 9.90 Å². The Morgan fingerprint density at radius 2 is 1.62 bits per heavy atom. The number of carbonyl (C=O) groups excluding carboxylic acids is 1. The molecular weight excluding hydrogens is 520 g/mol. The van der Waals surface area contributed by atoms with E-state index in [4.69, 9.17) is 15.2 Å². The molecule has 0 spiro atoms. The van der Waals surface area contributed by atoms with Crippen LogP contribution in [0.2, 0.25) is 0 Å². The molecule has 7 heteroatoms. The van der Waals surface area contributed by atoms with Crippen LogP contribution >= 0.6 is 11.8 Å². The summed E-state index contributed by atoms with van der Waals surface area (Å²) in [7, 11) is 0. The van der Waals surface area contributed by atoms with Crippen LogP contribution in [0.15, 0.2) is 102 Å². The van der Waals surface area contributed by atoms with E-state index >= 15 is 0 Å². The Labute approximate surface area is 239 Å². The molecule has 1 aliphatic heterocycles. The van der Waals surface area contributed by atoms with Gasteiger partial charge in [-0.1, -0.05) is 72.8 Å². The summed E-state index contributed by atoms with van der Waals surface area (Å²) in [6.45, 7) is 2.00. The molecule has 0 radical (unpaired) electrons. The highest BCUT2D eigenvalue weighted by Gasteiger charge is 2.32. The lowest BCUT2D eigenvalue weighted by atomic mass is 9.98. The maximum absolute atomic E-state index is 11.3. The summed E-state index contributed by atoms with van der Waals surface area (Å²) in [6.07, 6.45) is 0.0205. The average molecular weight is 555 g/mol. The molecule has 1 aliphatic rings. The van der Waals surface area contributed by atoms with Crippen LogP contribution in [0, 0.1) is 0 Å². The molecule has 0 saturated carbocycles. The lowest BCUT2D eigenvalue weighted by Crippen LogP contribution is -2.31. The molecule has 1 amide bonds. The van der Waals surface area contributed by atoms with E-state index in [2.05, 4.69) is 41.7 Å². The number of hydrogen-bond donors (Lipinski definition) is 3. The minimum atomic E-state index is -0.511. The molecule has 3 atom stereocenters. The Morgan fingerprint density at radius 3 is 2.30 bits per heavy atom. The number of nitrogens with one attached hydrogen (secondary N) is 1. The molecule has 1 saturated heterocycles. The molecule has 0 aromatic heterocycles. The van der Waals surface area contributed by atoms with Crippen LogP contribution in [0.25, 0.3) is 11.1 Å². The van der Waals surface area contributed by atoms with E-state index in [-0.39, 0.29) is 24.7 Å². The number of benzene rings is 4. The van der Waals surface area contributed by atoms with Gasteiger partial charge in [0.05, 0.1) is 18.8 Å². The fraction of sp³-hybridized carbons (Fsp3) is 0.242. The molecule has 4 aromatic carbocycles. The first-order valence-corrected chi connectivity index (χ1v) is 14.4. The molecule has 0 bridgehead atoms. The van der Waals surface area contributed by atoms with E-state index < -0.39 is 6.29 Å². The van der Waals surface area contributed by atoms with Crippen molar-refractivity contribution >= 4 is 23.4 Å². The van der Waals surface area contributed by atoms with Crippen molar-refractivity contribution in [3.05, 3.63) is 119 Å². The van der Waals surface area contributed by atoms with Crippen molar-refractivity contribution in [2.45, 2.75) is 49.9 Å². The van der Waals surface area contributed by atoms with E-state index in [0.717, 1.165) is 49.7 Å². The minimum Gasteiger partial charge on any atom is -0.392 e. The lowest BCUT2D eigenvalue weighted by molar-refractivity contribution is -0.245. The molecule has 40 heavy (non-hydrogen) atoms. The number of anilines is 1. The highest BCUT2D eigenvalue weighted by atomic mass is 32.2. The van der Waals surface area contributed by atoms with E-state index in [1.807, 2.05) is 60.7 Å². The van der Waals surface area contributed by atoms with Crippen molar-refractivity contribution < 1.29 is 19.4 Å². The Kier molecular flexibility index (Phi) is 9.31. The standard InChI is InChI=1S/C33H34N2O4S/c1-22(37)35-28-14-16-30(17-15-28)40-21-29-18-32(25-8-6-23(20-36)7-9-25)39-33(38-29)26-12-10-24(11-13-26)31-5-3-2-4-27(31)19-34/h2-17,29,32-33,36H,18-21,34H2,1H3,(H,35,37)/t29-,32+,33+/m1/s1. The fourth-order valence-electron chi connectivity index (χ4n) is 4.85. The number of amides is 1. The quantitative estimate of drug-likeness (QED) is 0.202. The normalized spacial score (nSPS) is 18.8. The van der Waals surface area contributed by atoms with Crippen LogP contribution < -0.4 is 11.1 Å². The number of carbonyl (C=O) groups is 1. The molecule has 6 nitrogen and oxygen atoms in total. The first kappa shape index (κ1) is 28.1. The predicted molar refractivity (Wildman–Crippen MR) is 160 cm³/mol. The zero-order valence-electron chi connectivity index (χ0n) is 22.5. The largest absolute Gasteiger partial charge is 0.392 e. The van der Waals surface area contributed by atoms with Crippen molar-refractivity contribution in [3.8, 4) is 11.1 Å². The monoisotopic (exact) mass is 554 g/mol. The molecular formula is C33H34N2O4S. The smallest absolute Gasteiger partial charge is 0.221 e. The summed E-state index contributed by atoms with van der Waals surface area (Å²) in [5.74, 6) is 0.670. The molecule has 4 aromatic rings. The summed E-state index contributed by atoms with van der Waals surface area (Å²) < 4.78 is 13.0. The average Bonchev–Trinajstić information content (AvgIpc) is 3.00. The van der Waals surface area contributed by atoms with Crippen LogP contribution in [0.1, 0.15) is 48.0 Å². The highest BCUT2D eigenvalue weighted by Crippen LogP contribution is 2.40. The summed E-state index contributed by atoms with van der Waals surface area (Å²) in [5, 5.41) is 12.3. The molecule has 5 rings (SSSR count). The SMILES string of the molecule is CC(=O)Nc1ccc(SC[C@H]2C[C@@H](c3ccc(CO)cc3)O[C@@H](c3ccc(-c4ccccc4CN)cc3)O2)cc1. The lowest BCUT2D eigenvalue weighted by Gasteiger charge is -2.36. The molecule has 4 N–H and O–H groups in total. The van der Waals surface area contributed by atoms with Crippen molar-refractivity contribution in [3.63, 3.8) is 0 Å². The number of aliphatic hydroxyl groups is 1. The molecule has 1 fully saturated rings. The van der Waals surface area contributed by atoms with Gasteiger partial charge in [-0.2, -0.15) is 0 Å². The van der Waals surface area contributed by atoms with E-state index in [0.29, 0.717) is 13.0 Å². The van der Waals surface area contributed by atoms with Gasteiger partial charge in [0.1, 0.15) is 0 Å². The highest BCUT2D eigenvalue weighted by molar-refractivity contribution is 7.99. The maximum Gasteiger partial charge on any atom is 0.221 e. The van der Waals surface area contributed by atoms with Gasteiger partial charge in [0.15, 0.2) is 6.29 Å². The Hall–Kier alpha value is -3.46. The number of hydrogen-bond acceptors (Lipinski definition) is 6. The van der Waals surface area contributed by atoms with Crippen LogP contribution in [0.3, 0.4) is 0 Å². The number of rotatable bonds is 9. The maximum atomic E-state index is 11.3. The summed E-state index contributed by atoms with van der Waals surface area (Å²) in [5.41, 5.74) is 13.0. The van der Waals surface area contributed by atoms with E-state index in [1.165, 1.54) is 6.92 Å². The van der Waals surface area contributed by atoms with Crippen LogP contribution in [0.5, 0.6) is 0 Å². The van der Waals surface area contributed by atoms with Gasteiger partial charge in [0.25, 0.3) is 0 Å². The van der Waals surface area contributed by atoms with Gasteiger partial charge >= 0.3 is 0 Å². The molecule has 1 heterocycles. The Morgan fingerprint density at radius 1 is 0.925 bits per heavy atom. The predicted octanol–water partition coefficient (Wildman–Crippen LogP) is 6.60. The molecule has 206 valence electrons. The zero-order chi connectivity index (χ0) is 27.9. The second kappa shape index (κ2) is 13.3. The Bertz CT molecular complexity index is 1410. The third-order valence-electron chi connectivity index (χ3n) is 6.96. The third-order valence-corrected chi connectivity index (χ3v) is 8.10. The van der Waals surface area contributed by atoms with Gasteiger partial charge in [-0.15, -0.1) is 11.8 Å². The van der Waals surface area contributed by atoms with Gasteiger partial charge in [-0.05, 0) is 52.1 Å². The number of ether oxygens (including phenoxy) is 2. The molecule has 0 aliphatic carbocycles. The van der Waals surface area contributed by atoms with Crippen molar-refractivity contribution in [2.75, 3.05) is 11.1 Å². The van der Waals surface area contributed by atoms with Gasteiger partial charge in [0.2, 0.25) is 5.91 Å². The van der Waals surface area contributed by atoms with Crippen molar-refractivity contribution in [2.24, 2.45) is 5.73 Å². The Balaban J connectivity index is 1.34. The van der Waals surface area contributed by atoms with Crippen LogP contribution in [-0.2, 0) is 27.4 Å². The number of thioether (sulfide) groups is 1. The summed E-state index contributed by atoms with van der Waals surface area (Å²) in [4.78, 5) is 12.4. The van der Waals surface area contributed by atoms with Crippen LogP contribution in [0.4, 0.5) is 5.69 Å². The summed E-state index contributed by atoms with van der Waals surface area (Å²) >= 11 is 1.72. The zero-order valence-corrected chi connectivity index (χ0v) is 23.3. The van der Waals surface area contributed by atoms with Gasteiger partial charge in [-0.25, -0.2) is 0 Å². The van der Waals surface area contributed by atoms with Crippen LogP contribution in [-0.4, -0.2) is 22.9 Å². The number of nitrogens with two attached hydrogens (primary N) is 1. The van der Waals surface area contributed by atoms with Crippen molar-refractivity contribution in [1.29, 1.82) is 0 Å². The van der Waals surface area contributed by atoms with Gasteiger partial charge in [0, 0.05) is 41.8 Å². The molecule has 0 unspecified atom stereocenters. The first-order valence-electron chi connectivity index (χ1n) is 13.4. The summed E-state index contributed by atoms with van der Waals surface area (Å²) in [6, 6.07) is 32.3. The van der Waals surface area contributed by atoms with Gasteiger partial charge < -0.3 is 25.6 Å². The first-order chi connectivity index (χ1) is 19.5. The topological polar surface area (TPSA) is 93.8 Å². The third kappa shape index (κ3) is 6.99. The second-order valence-electron chi connectivity index (χ2n) is 9.85. The second-order valence-corrected chi connectivity index (χ2v) is 10.9. The number of aliphatic hydroxyl groups excluding tert-OH is 1. The fourth-order valence-corrected chi connectivity index (χ4v) is 5.77. The van der Waals surface area contributed by atoms with E-state index in [1.54, 1.807) is 11.8 Å².